The van der Waals surface area contributed by atoms with E-state index in [9.17, 15) is 23.3 Å². The third-order valence-corrected chi connectivity index (χ3v) is 1.76. The number of alkyl halides is 3. The van der Waals surface area contributed by atoms with Gasteiger partial charge in [0.25, 0.3) is 0 Å². The molecule has 0 atom stereocenters. The number of aromatic nitrogens is 2. The molecule has 0 aromatic carbocycles. The number of rotatable bonds is 3. The third-order valence-electron chi connectivity index (χ3n) is 1.50. The molecular weight excluding hydrogens is 239 g/mol. The zero-order valence-corrected chi connectivity index (χ0v) is 7.92. The van der Waals surface area contributed by atoms with Crippen LogP contribution in [0.1, 0.15) is 6.42 Å². The van der Waals surface area contributed by atoms with Crippen LogP contribution in [-0.2, 0) is 6.54 Å². The number of halogens is 4. The van der Waals surface area contributed by atoms with Gasteiger partial charge in [-0.05, 0) is 4.92 Å². The van der Waals surface area contributed by atoms with Crippen LogP contribution in [-0.4, -0.2) is 20.9 Å². The first-order chi connectivity index (χ1) is 6.79. The van der Waals surface area contributed by atoms with E-state index < -0.39 is 29.9 Å². The normalized spacial score (nSPS) is 11.7. The molecule has 0 fully saturated rings. The summed E-state index contributed by atoms with van der Waals surface area (Å²) in [6.45, 7) is -0.489. The van der Waals surface area contributed by atoms with Gasteiger partial charge in [-0.1, -0.05) is 11.6 Å². The summed E-state index contributed by atoms with van der Waals surface area (Å²) in [4.78, 5) is 9.40. The standard InChI is InChI=1S/C6H5ClF3N3O2/c7-4-3-12(2-1-6(8,9)10)11-5(4)13(14)15/h3H,1-2H2. The van der Waals surface area contributed by atoms with Crippen molar-refractivity contribution in [2.45, 2.75) is 19.1 Å². The third kappa shape index (κ3) is 3.39. The van der Waals surface area contributed by atoms with Gasteiger partial charge in [-0.3, -0.25) is 0 Å². The molecule has 0 saturated carbocycles. The summed E-state index contributed by atoms with van der Waals surface area (Å²) in [6, 6.07) is 0. The molecule has 1 aromatic heterocycles. The van der Waals surface area contributed by atoms with Crippen molar-refractivity contribution in [2.75, 3.05) is 0 Å². The monoisotopic (exact) mass is 243 g/mol. The lowest BCUT2D eigenvalue weighted by Gasteiger charge is -2.02. The summed E-state index contributed by atoms with van der Waals surface area (Å²) in [5, 5.41) is 13.3. The summed E-state index contributed by atoms with van der Waals surface area (Å²) < 4.78 is 36.2. The Labute approximate surface area is 86.6 Å². The molecule has 84 valence electrons. The van der Waals surface area contributed by atoms with Crippen LogP contribution in [0.4, 0.5) is 19.0 Å². The molecular formula is C6H5ClF3N3O2. The topological polar surface area (TPSA) is 61.0 Å². The van der Waals surface area contributed by atoms with Crippen molar-refractivity contribution in [3.8, 4) is 0 Å². The first-order valence-corrected chi connectivity index (χ1v) is 4.11. The predicted molar refractivity (Wildman–Crippen MR) is 44.6 cm³/mol. The van der Waals surface area contributed by atoms with E-state index in [1.165, 1.54) is 0 Å². The molecule has 0 aliphatic rings. The van der Waals surface area contributed by atoms with Gasteiger partial charge < -0.3 is 10.1 Å². The first kappa shape index (κ1) is 11.8. The SMILES string of the molecule is O=[N+]([O-])c1nn(CCC(F)(F)F)cc1Cl. The lowest BCUT2D eigenvalue weighted by molar-refractivity contribution is -0.389. The van der Waals surface area contributed by atoms with E-state index in [0.717, 1.165) is 10.9 Å². The van der Waals surface area contributed by atoms with Crippen LogP contribution < -0.4 is 0 Å². The van der Waals surface area contributed by atoms with Crippen LogP contribution in [0.3, 0.4) is 0 Å². The summed E-state index contributed by atoms with van der Waals surface area (Å²) in [5.74, 6) is -0.640. The Bertz CT molecular complexity index is 376. The van der Waals surface area contributed by atoms with Crippen molar-refractivity contribution >= 4 is 17.4 Å². The number of hydrogen-bond donors (Lipinski definition) is 0. The fraction of sp³-hybridized carbons (Fsp3) is 0.500. The van der Waals surface area contributed by atoms with Gasteiger partial charge in [-0.15, -0.1) is 0 Å². The summed E-state index contributed by atoms with van der Waals surface area (Å²) in [7, 11) is 0. The summed E-state index contributed by atoms with van der Waals surface area (Å²) in [6.07, 6.45) is -4.44. The average molecular weight is 244 g/mol. The molecule has 0 aliphatic heterocycles. The maximum absolute atomic E-state index is 11.8. The molecule has 5 nitrogen and oxygen atoms in total. The largest absolute Gasteiger partial charge is 0.408 e. The van der Waals surface area contributed by atoms with Crippen molar-refractivity contribution in [2.24, 2.45) is 0 Å². The first-order valence-electron chi connectivity index (χ1n) is 3.73. The van der Waals surface area contributed by atoms with Crippen molar-refractivity contribution in [3.05, 3.63) is 21.3 Å². The molecule has 0 unspecified atom stereocenters. The van der Waals surface area contributed by atoms with Crippen LogP contribution in [0.2, 0.25) is 5.02 Å². The van der Waals surface area contributed by atoms with Gasteiger partial charge in [-0.25, -0.2) is 0 Å². The van der Waals surface area contributed by atoms with E-state index in [-0.39, 0.29) is 5.02 Å². The van der Waals surface area contributed by atoms with Crippen LogP contribution in [0.25, 0.3) is 0 Å². The Morgan fingerprint density at radius 2 is 2.20 bits per heavy atom. The highest BCUT2D eigenvalue weighted by Crippen LogP contribution is 2.24. The van der Waals surface area contributed by atoms with E-state index in [0.29, 0.717) is 0 Å². The molecule has 0 bridgehead atoms. The van der Waals surface area contributed by atoms with Gasteiger partial charge in [0.15, 0.2) is 5.02 Å². The van der Waals surface area contributed by atoms with E-state index in [1.54, 1.807) is 0 Å². The fourth-order valence-corrected chi connectivity index (χ4v) is 1.09. The van der Waals surface area contributed by atoms with Gasteiger partial charge in [0.1, 0.15) is 0 Å². The fourth-order valence-electron chi connectivity index (χ4n) is 0.866. The lowest BCUT2D eigenvalue weighted by Crippen LogP contribution is -2.12. The molecule has 0 amide bonds. The van der Waals surface area contributed by atoms with Crippen molar-refractivity contribution in [1.82, 2.24) is 9.78 Å². The molecule has 9 heteroatoms. The maximum atomic E-state index is 11.8. The Morgan fingerprint density at radius 3 is 2.60 bits per heavy atom. The zero-order chi connectivity index (χ0) is 11.6. The second-order valence-electron chi connectivity index (χ2n) is 2.69. The number of nitrogens with zero attached hydrogens (tertiary/aromatic N) is 3. The minimum atomic E-state index is -4.33. The number of hydrogen-bond acceptors (Lipinski definition) is 3. The zero-order valence-electron chi connectivity index (χ0n) is 7.16. The Morgan fingerprint density at radius 1 is 1.60 bits per heavy atom. The van der Waals surface area contributed by atoms with Crippen LogP contribution in [0.15, 0.2) is 6.20 Å². The predicted octanol–water partition coefficient (Wildman–Crippen LogP) is 2.40. The van der Waals surface area contributed by atoms with Gasteiger partial charge in [-0.2, -0.15) is 17.9 Å². The quantitative estimate of drug-likeness (QED) is 0.605. The van der Waals surface area contributed by atoms with Crippen molar-refractivity contribution in [3.63, 3.8) is 0 Å². The smallest absolute Gasteiger partial charge is 0.358 e. The summed E-state index contributed by atoms with van der Waals surface area (Å²) in [5.41, 5.74) is 0. The van der Waals surface area contributed by atoms with E-state index in [4.69, 9.17) is 11.6 Å². The molecule has 15 heavy (non-hydrogen) atoms. The van der Waals surface area contributed by atoms with E-state index in [1.807, 2.05) is 0 Å². The van der Waals surface area contributed by atoms with Gasteiger partial charge in [0, 0.05) is 0 Å². The van der Waals surface area contributed by atoms with Crippen LogP contribution in [0.5, 0.6) is 0 Å². The molecule has 0 spiro atoms. The Kier molecular flexibility index (Phi) is 3.18. The molecule has 0 saturated heterocycles. The molecule has 1 rings (SSSR count). The highest BCUT2D eigenvalue weighted by molar-refractivity contribution is 6.32. The van der Waals surface area contributed by atoms with Gasteiger partial charge >= 0.3 is 12.0 Å². The maximum Gasteiger partial charge on any atom is 0.408 e. The highest BCUT2D eigenvalue weighted by Gasteiger charge is 2.28. The minimum Gasteiger partial charge on any atom is -0.358 e. The molecule has 0 N–H and O–H groups in total. The molecule has 0 radical (unpaired) electrons. The second kappa shape index (κ2) is 4.05. The van der Waals surface area contributed by atoms with Crippen LogP contribution >= 0.6 is 11.6 Å². The number of nitro groups is 1. The molecule has 1 aromatic rings. The van der Waals surface area contributed by atoms with Crippen molar-refractivity contribution < 1.29 is 18.1 Å². The average Bonchev–Trinajstić information content (AvgIpc) is 2.42. The number of aryl methyl sites for hydroxylation is 1. The Balaban J connectivity index is 2.72. The lowest BCUT2D eigenvalue weighted by atomic mass is 10.4. The Hall–Kier alpha value is -1.31. The summed E-state index contributed by atoms with van der Waals surface area (Å²) >= 11 is 5.38. The molecule has 1 heterocycles. The second-order valence-corrected chi connectivity index (χ2v) is 3.09. The van der Waals surface area contributed by atoms with Crippen LogP contribution in [0, 0.1) is 10.1 Å². The minimum absolute atomic E-state index is 0.276. The highest BCUT2D eigenvalue weighted by atomic mass is 35.5. The van der Waals surface area contributed by atoms with Gasteiger partial charge in [0.05, 0.1) is 24.3 Å². The molecule has 0 aliphatic carbocycles. The van der Waals surface area contributed by atoms with E-state index >= 15 is 0 Å². The van der Waals surface area contributed by atoms with E-state index in [2.05, 4.69) is 5.10 Å². The van der Waals surface area contributed by atoms with Crippen molar-refractivity contribution in [1.29, 1.82) is 0 Å². The van der Waals surface area contributed by atoms with Gasteiger partial charge in [0.2, 0.25) is 0 Å².